The molecule has 0 aliphatic heterocycles. The highest BCUT2D eigenvalue weighted by atomic mass is 19.1. The number of hydrogen-bond acceptors (Lipinski definition) is 3. The fraction of sp³-hybridized carbons (Fsp3) is 0.417. The van der Waals surface area contributed by atoms with Crippen molar-refractivity contribution in [2.75, 3.05) is 31.7 Å². The minimum absolute atomic E-state index is 0.373. The SMILES string of the molecule is CCN(CCOC)c1ccc(F)cc1C=O. The van der Waals surface area contributed by atoms with Crippen LogP contribution in [0.2, 0.25) is 0 Å². The van der Waals surface area contributed by atoms with Crippen molar-refractivity contribution in [3.63, 3.8) is 0 Å². The number of ether oxygens (including phenoxy) is 1. The van der Waals surface area contributed by atoms with E-state index in [0.717, 1.165) is 12.2 Å². The first-order chi connectivity index (χ1) is 7.72. The number of halogens is 1. The molecule has 1 rings (SSSR count). The normalized spacial score (nSPS) is 10.2. The fourth-order valence-corrected chi connectivity index (χ4v) is 1.56. The highest BCUT2D eigenvalue weighted by Crippen LogP contribution is 2.19. The molecule has 1 aromatic rings. The van der Waals surface area contributed by atoms with Crippen LogP contribution < -0.4 is 4.90 Å². The summed E-state index contributed by atoms with van der Waals surface area (Å²) in [6, 6.07) is 4.23. The lowest BCUT2D eigenvalue weighted by molar-refractivity contribution is 0.112. The molecule has 0 N–H and O–H groups in total. The van der Waals surface area contributed by atoms with Gasteiger partial charge in [-0.05, 0) is 25.1 Å². The number of carbonyl (C=O) groups is 1. The molecule has 3 nitrogen and oxygen atoms in total. The van der Waals surface area contributed by atoms with Gasteiger partial charge >= 0.3 is 0 Å². The zero-order valence-electron chi connectivity index (χ0n) is 9.57. The number of carbonyl (C=O) groups excluding carboxylic acids is 1. The Balaban J connectivity index is 2.94. The molecule has 0 heterocycles. The summed E-state index contributed by atoms with van der Waals surface area (Å²) in [6.07, 6.45) is 0.674. The quantitative estimate of drug-likeness (QED) is 0.694. The lowest BCUT2D eigenvalue weighted by Crippen LogP contribution is -2.27. The van der Waals surface area contributed by atoms with Crippen LogP contribution in [0.1, 0.15) is 17.3 Å². The summed E-state index contributed by atoms with van der Waals surface area (Å²) in [6.45, 7) is 3.98. The molecule has 4 heteroatoms. The van der Waals surface area contributed by atoms with E-state index in [4.69, 9.17) is 4.74 Å². The number of hydrogen-bond donors (Lipinski definition) is 0. The van der Waals surface area contributed by atoms with E-state index in [0.29, 0.717) is 25.0 Å². The highest BCUT2D eigenvalue weighted by Gasteiger charge is 2.09. The van der Waals surface area contributed by atoms with Gasteiger partial charge < -0.3 is 9.64 Å². The van der Waals surface area contributed by atoms with E-state index in [9.17, 15) is 9.18 Å². The second-order valence-electron chi connectivity index (χ2n) is 3.39. The lowest BCUT2D eigenvalue weighted by atomic mass is 10.1. The molecule has 0 aliphatic carbocycles. The summed E-state index contributed by atoms with van der Waals surface area (Å²) >= 11 is 0. The van der Waals surface area contributed by atoms with Gasteiger partial charge in [0, 0.05) is 31.5 Å². The molecule has 0 amide bonds. The molecule has 88 valence electrons. The Morgan fingerprint density at radius 2 is 2.25 bits per heavy atom. The van der Waals surface area contributed by atoms with Gasteiger partial charge in [-0.25, -0.2) is 4.39 Å². The van der Waals surface area contributed by atoms with Gasteiger partial charge in [-0.15, -0.1) is 0 Å². The third-order valence-electron chi connectivity index (χ3n) is 2.40. The Bertz CT molecular complexity index is 355. The molecule has 0 atom stereocenters. The van der Waals surface area contributed by atoms with Crippen LogP contribution in [-0.2, 0) is 4.74 Å². The van der Waals surface area contributed by atoms with E-state index >= 15 is 0 Å². The first-order valence-electron chi connectivity index (χ1n) is 5.21. The van der Waals surface area contributed by atoms with Gasteiger partial charge in [0.25, 0.3) is 0 Å². The minimum Gasteiger partial charge on any atom is -0.383 e. The van der Waals surface area contributed by atoms with Gasteiger partial charge in [-0.3, -0.25) is 4.79 Å². The molecule has 0 unspecified atom stereocenters. The van der Waals surface area contributed by atoms with Gasteiger partial charge in [-0.1, -0.05) is 0 Å². The average Bonchev–Trinajstić information content (AvgIpc) is 2.31. The molecule has 1 aromatic carbocycles. The zero-order valence-corrected chi connectivity index (χ0v) is 9.57. The molecular formula is C12H16FNO2. The number of anilines is 1. The van der Waals surface area contributed by atoms with Gasteiger partial charge in [0.1, 0.15) is 5.82 Å². The maximum atomic E-state index is 13.0. The Morgan fingerprint density at radius 1 is 1.50 bits per heavy atom. The second kappa shape index (κ2) is 6.23. The third kappa shape index (κ3) is 3.03. The number of nitrogens with zero attached hydrogens (tertiary/aromatic N) is 1. The smallest absolute Gasteiger partial charge is 0.152 e. The first-order valence-corrected chi connectivity index (χ1v) is 5.21. The summed E-state index contributed by atoms with van der Waals surface area (Å²) in [7, 11) is 1.62. The number of aldehydes is 1. The van der Waals surface area contributed by atoms with E-state index < -0.39 is 5.82 Å². The summed E-state index contributed by atoms with van der Waals surface area (Å²) in [5.41, 5.74) is 1.12. The minimum atomic E-state index is -0.395. The van der Waals surface area contributed by atoms with Crippen molar-refractivity contribution in [3.05, 3.63) is 29.6 Å². The predicted molar refractivity (Wildman–Crippen MR) is 61.6 cm³/mol. The van der Waals surface area contributed by atoms with Crippen LogP contribution in [-0.4, -0.2) is 33.1 Å². The van der Waals surface area contributed by atoms with Gasteiger partial charge in [-0.2, -0.15) is 0 Å². The van der Waals surface area contributed by atoms with Gasteiger partial charge in [0.15, 0.2) is 6.29 Å². The Morgan fingerprint density at radius 3 is 2.81 bits per heavy atom. The monoisotopic (exact) mass is 225 g/mol. The standard InChI is InChI=1S/C12H16FNO2/c1-3-14(6-7-16-2)12-5-4-11(13)8-10(12)9-15/h4-5,8-9H,3,6-7H2,1-2H3. The molecular weight excluding hydrogens is 209 g/mol. The van der Waals surface area contributed by atoms with E-state index in [1.165, 1.54) is 12.1 Å². The third-order valence-corrected chi connectivity index (χ3v) is 2.40. The van der Waals surface area contributed by atoms with Crippen LogP contribution in [0.3, 0.4) is 0 Å². The Labute approximate surface area is 94.8 Å². The zero-order chi connectivity index (χ0) is 12.0. The maximum absolute atomic E-state index is 13.0. The highest BCUT2D eigenvalue weighted by molar-refractivity contribution is 5.84. The van der Waals surface area contributed by atoms with Crippen LogP contribution in [0.5, 0.6) is 0 Å². The Hall–Kier alpha value is -1.42. The number of rotatable bonds is 6. The van der Waals surface area contributed by atoms with Crippen molar-refractivity contribution in [1.82, 2.24) is 0 Å². The van der Waals surface area contributed by atoms with E-state index in [1.807, 2.05) is 11.8 Å². The topological polar surface area (TPSA) is 29.5 Å². The van der Waals surface area contributed by atoms with Crippen LogP contribution in [0.4, 0.5) is 10.1 Å². The number of benzene rings is 1. The van der Waals surface area contributed by atoms with Crippen LogP contribution in [0, 0.1) is 5.82 Å². The molecule has 0 spiro atoms. The first kappa shape index (κ1) is 12.6. The summed E-state index contributed by atoms with van der Waals surface area (Å²) < 4.78 is 17.9. The van der Waals surface area contributed by atoms with Crippen LogP contribution in [0.25, 0.3) is 0 Å². The molecule has 0 aliphatic rings. The van der Waals surface area contributed by atoms with Gasteiger partial charge in [0.2, 0.25) is 0 Å². The predicted octanol–water partition coefficient (Wildman–Crippen LogP) is 2.11. The van der Waals surface area contributed by atoms with Crippen molar-refractivity contribution < 1.29 is 13.9 Å². The van der Waals surface area contributed by atoms with Crippen molar-refractivity contribution in [2.24, 2.45) is 0 Å². The number of methoxy groups -OCH3 is 1. The molecule has 0 bridgehead atoms. The molecule has 0 fully saturated rings. The van der Waals surface area contributed by atoms with Crippen molar-refractivity contribution in [3.8, 4) is 0 Å². The van der Waals surface area contributed by atoms with E-state index in [1.54, 1.807) is 13.2 Å². The van der Waals surface area contributed by atoms with Crippen molar-refractivity contribution in [1.29, 1.82) is 0 Å². The van der Waals surface area contributed by atoms with Gasteiger partial charge in [0.05, 0.1) is 6.61 Å². The maximum Gasteiger partial charge on any atom is 0.152 e. The molecule has 0 aromatic heterocycles. The largest absolute Gasteiger partial charge is 0.383 e. The second-order valence-corrected chi connectivity index (χ2v) is 3.39. The molecule has 0 radical (unpaired) electrons. The molecule has 0 saturated carbocycles. The fourth-order valence-electron chi connectivity index (χ4n) is 1.56. The average molecular weight is 225 g/mol. The Kier molecular flexibility index (Phi) is 4.92. The van der Waals surface area contributed by atoms with Crippen molar-refractivity contribution in [2.45, 2.75) is 6.92 Å². The lowest BCUT2D eigenvalue weighted by Gasteiger charge is -2.24. The summed E-state index contributed by atoms with van der Waals surface area (Å²) in [5.74, 6) is -0.395. The van der Waals surface area contributed by atoms with E-state index in [-0.39, 0.29) is 0 Å². The van der Waals surface area contributed by atoms with E-state index in [2.05, 4.69) is 0 Å². The molecule has 0 saturated heterocycles. The molecule has 16 heavy (non-hydrogen) atoms. The summed E-state index contributed by atoms with van der Waals surface area (Å²) in [5, 5.41) is 0. The van der Waals surface area contributed by atoms with Crippen LogP contribution in [0.15, 0.2) is 18.2 Å². The summed E-state index contributed by atoms with van der Waals surface area (Å²) in [4.78, 5) is 12.8. The van der Waals surface area contributed by atoms with Crippen LogP contribution >= 0.6 is 0 Å². The number of likely N-dealkylation sites (N-methyl/N-ethyl adjacent to an activating group) is 1. The van der Waals surface area contributed by atoms with Crippen molar-refractivity contribution >= 4 is 12.0 Å².